The molecular formula is C21H26ClNO3. The highest BCUT2D eigenvalue weighted by Gasteiger charge is 2.20. The van der Waals surface area contributed by atoms with E-state index in [2.05, 4.69) is 5.32 Å². The standard InChI is InChI=1S/C21H26ClNO3/c1-5-20(26-18-10-11-19(22)15(3)12-18)21(24)23-16(4)13-25-17-8-6-14(2)7-9-17/h6-12,16,20H,5,13H2,1-4H3,(H,23,24)/t16-,20+/m0/s1. The topological polar surface area (TPSA) is 47.6 Å². The van der Waals surface area contributed by atoms with Gasteiger partial charge in [-0.05, 0) is 63.1 Å². The van der Waals surface area contributed by atoms with Crippen LogP contribution in [0.4, 0.5) is 0 Å². The second-order valence-electron chi connectivity index (χ2n) is 6.46. The summed E-state index contributed by atoms with van der Waals surface area (Å²) >= 11 is 6.03. The summed E-state index contributed by atoms with van der Waals surface area (Å²) in [7, 11) is 0. The van der Waals surface area contributed by atoms with Crippen molar-refractivity contribution in [3.63, 3.8) is 0 Å². The molecule has 140 valence electrons. The molecule has 0 saturated heterocycles. The third-order valence-corrected chi connectivity index (χ3v) is 4.40. The zero-order valence-corrected chi connectivity index (χ0v) is 16.5. The number of ether oxygens (including phenoxy) is 2. The highest BCUT2D eigenvalue weighted by atomic mass is 35.5. The molecule has 0 aliphatic rings. The molecule has 2 aromatic rings. The fourth-order valence-corrected chi connectivity index (χ4v) is 2.53. The van der Waals surface area contributed by atoms with E-state index in [1.54, 1.807) is 12.1 Å². The van der Waals surface area contributed by atoms with Gasteiger partial charge in [-0.15, -0.1) is 0 Å². The van der Waals surface area contributed by atoms with Gasteiger partial charge in [0, 0.05) is 5.02 Å². The number of benzene rings is 2. The van der Waals surface area contributed by atoms with Gasteiger partial charge in [-0.1, -0.05) is 36.2 Å². The monoisotopic (exact) mass is 375 g/mol. The molecule has 0 radical (unpaired) electrons. The lowest BCUT2D eigenvalue weighted by Gasteiger charge is -2.21. The molecular weight excluding hydrogens is 350 g/mol. The Hall–Kier alpha value is -2.20. The van der Waals surface area contributed by atoms with Crippen molar-refractivity contribution in [2.24, 2.45) is 0 Å². The maximum atomic E-state index is 12.5. The van der Waals surface area contributed by atoms with E-state index in [9.17, 15) is 4.79 Å². The van der Waals surface area contributed by atoms with Crippen LogP contribution in [0.3, 0.4) is 0 Å². The average Bonchev–Trinajstić information content (AvgIpc) is 2.62. The van der Waals surface area contributed by atoms with Crippen LogP contribution in [-0.2, 0) is 4.79 Å². The zero-order valence-electron chi connectivity index (χ0n) is 15.7. The van der Waals surface area contributed by atoms with E-state index in [0.717, 1.165) is 11.3 Å². The lowest BCUT2D eigenvalue weighted by atomic mass is 10.2. The summed E-state index contributed by atoms with van der Waals surface area (Å²) in [5, 5.41) is 3.62. The third kappa shape index (κ3) is 5.95. The average molecular weight is 376 g/mol. The maximum Gasteiger partial charge on any atom is 0.261 e. The molecule has 0 saturated carbocycles. The molecule has 0 aliphatic heterocycles. The van der Waals surface area contributed by atoms with Gasteiger partial charge in [0.2, 0.25) is 0 Å². The van der Waals surface area contributed by atoms with Gasteiger partial charge >= 0.3 is 0 Å². The quantitative estimate of drug-likeness (QED) is 0.727. The van der Waals surface area contributed by atoms with Gasteiger partial charge in [-0.3, -0.25) is 4.79 Å². The zero-order chi connectivity index (χ0) is 19.1. The minimum atomic E-state index is -0.558. The smallest absolute Gasteiger partial charge is 0.261 e. The van der Waals surface area contributed by atoms with Crippen LogP contribution in [0.15, 0.2) is 42.5 Å². The number of hydrogen-bond acceptors (Lipinski definition) is 3. The van der Waals surface area contributed by atoms with Crippen molar-refractivity contribution in [1.82, 2.24) is 5.32 Å². The van der Waals surface area contributed by atoms with E-state index in [0.29, 0.717) is 23.8 Å². The summed E-state index contributed by atoms with van der Waals surface area (Å²) in [5.41, 5.74) is 2.10. The Balaban J connectivity index is 1.86. The minimum Gasteiger partial charge on any atom is -0.491 e. The van der Waals surface area contributed by atoms with Crippen molar-refractivity contribution >= 4 is 17.5 Å². The van der Waals surface area contributed by atoms with Gasteiger partial charge in [-0.2, -0.15) is 0 Å². The molecule has 2 atom stereocenters. The van der Waals surface area contributed by atoms with Crippen molar-refractivity contribution in [2.45, 2.75) is 46.3 Å². The molecule has 1 N–H and O–H groups in total. The number of hydrogen-bond donors (Lipinski definition) is 1. The van der Waals surface area contributed by atoms with Crippen LogP contribution in [0.25, 0.3) is 0 Å². The van der Waals surface area contributed by atoms with Gasteiger partial charge in [-0.25, -0.2) is 0 Å². The van der Waals surface area contributed by atoms with Gasteiger partial charge in [0.05, 0.1) is 6.04 Å². The van der Waals surface area contributed by atoms with E-state index in [1.807, 2.05) is 58.0 Å². The number of carbonyl (C=O) groups is 1. The Bertz CT molecular complexity index is 731. The molecule has 0 fully saturated rings. The first-order valence-electron chi connectivity index (χ1n) is 8.81. The number of amides is 1. The summed E-state index contributed by atoms with van der Waals surface area (Å²) in [6.07, 6.45) is 0.0105. The Morgan fingerprint density at radius 1 is 1.12 bits per heavy atom. The maximum absolute atomic E-state index is 12.5. The number of halogens is 1. The summed E-state index contributed by atoms with van der Waals surface area (Å²) in [4.78, 5) is 12.5. The van der Waals surface area contributed by atoms with Crippen molar-refractivity contribution in [3.05, 3.63) is 58.6 Å². The summed E-state index contributed by atoms with van der Waals surface area (Å²) < 4.78 is 11.5. The highest BCUT2D eigenvalue weighted by molar-refractivity contribution is 6.31. The predicted octanol–water partition coefficient (Wildman–Crippen LogP) is 4.70. The van der Waals surface area contributed by atoms with Crippen LogP contribution in [-0.4, -0.2) is 24.7 Å². The van der Waals surface area contributed by atoms with E-state index in [-0.39, 0.29) is 11.9 Å². The van der Waals surface area contributed by atoms with Gasteiger partial charge in [0.1, 0.15) is 18.1 Å². The first-order valence-corrected chi connectivity index (χ1v) is 9.19. The van der Waals surface area contributed by atoms with Crippen LogP contribution in [0.1, 0.15) is 31.4 Å². The molecule has 4 nitrogen and oxygen atoms in total. The van der Waals surface area contributed by atoms with Crippen molar-refractivity contribution in [3.8, 4) is 11.5 Å². The van der Waals surface area contributed by atoms with Crippen LogP contribution in [0.2, 0.25) is 5.02 Å². The number of rotatable bonds is 8. The Labute approximate surface area is 160 Å². The fraction of sp³-hybridized carbons (Fsp3) is 0.381. The summed E-state index contributed by atoms with van der Waals surface area (Å²) in [6.45, 7) is 8.15. The fourth-order valence-electron chi connectivity index (χ4n) is 2.41. The molecule has 5 heteroatoms. The Morgan fingerprint density at radius 3 is 2.38 bits per heavy atom. The molecule has 0 unspecified atom stereocenters. The summed E-state index contributed by atoms with van der Waals surface area (Å²) in [5.74, 6) is 1.27. The molecule has 26 heavy (non-hydrogen) atoms. The molecule has 1 amide bonds. The molecule has 0 heterocycles. The van der Waals surface area contributed by atoms with E-state index >= 15 is 0 Å². The summed E-state index contributed by atoms with van der Waals surface area (Å²) in [6, 6.07) is 13.1. The van der Waals surface area contributed by atoms with Gasteiger partial charge in [0.15, 0.2) is 6.10 Å². The second-order valence-corrected chi connectivity index (χ2v) is 6.87. The number of aryl methyl sites for hydroxylation is 2. The number of carbonyl (C=O) groups excluding carboxylic acids is 1. The van der Waals surface area contributed by atoms with Gasteiger partial charge in [0.25, 0.3) is 5.91 Å². The van der Waals surface area contributed by atoms with Crippen LogP contribution in [0.5, 0.6) is 11.5 Å². The normalized spacial score (nSPS) is 13.0. The van der Waals surface area contributed by atoms with Gasteiger partial charge < -0.3 is 14.8 Å². The van der Waals surface area contributed by atoms with Crippen molar-refractivity contribution < 1.29 is 14.3 Å². The molecule has 0 bridgehead atoms. The van der Waals surface area contributed by atoms with Crippen LogP contribution in [0, 0.1) is 13.8 Å². The third-order valence-electron chi connectivity index (χ3n) is 3.98. The minimum absolute atomic E-state index is 0.131. The Morgan fingerprint density at radius 2 is 1.77 bits per heavy atom. The van der Waals surface area contributed by atoms with Crippen molar-refractivity contribution in [2.75, 3.05) is 6.61 Å². The first-order chi connectivity index (χ1) is 12.4. The Kier molecular flexibility index (Phi) is 7.34. The van der Waals surface area contributed by atoms with Crippen molar-refractivity contribution in [1.29, 1.82) is 0 Å². The molecule has 2 aromatic carbocycles. The van der Waals surface area contributed by atoms with E-state index in [1.165, 1.54) is 5.56 Å². The van der Waals surface area contributed by atoms with E-state index < -0.39 is 6.10 Å². The molecule has 0 aromatic heterocycles. The molecule has 0 aliphatic carbocycles. The van der Waals surface area contributed by atoms with Crippen LogP contribution >= 0.6 is 11.6 Å². The first kappa shape index (κ1) is 20.1. The molecule has 0 spiro atoms. The second kappa shape index (κ2) is 9.48. The van der Waals surface area contributed by atoms with Crippen LogP contribution < -0.4 is 14.8 Å². The SMILES string of the molecule is CC[C@@H](Oc1ccc(Cl)c(C)c1)C(=O)N[C@@H](C)COc1ccc(C)cc1. The number of nitrogens with one attached hydrogen (secondary N) is 1. The molecule has 2 rings (SSSR count). The lowest BCUT2D eigenvalue weighted by Crippen LogP contribution is -2.44. The lowest BCUT2D eigenvalue weighted by molar-refractivity contribution is -0.128. The highest BCUT2D eigenvalue weighted by Crippen LogP contribution is 2.22. The van der Waals surface area contributed by atoms with E-state index in [4.69, 9.17) is 21.1 Å². The predicted molar refractivity (Wildman–Crippen MR) is 105 cm³/mol. The largest absolute Gasteiger partial charge is 0.491 e.